The molecular formula is C20H23N3O3S. The van der Waals surface area contributed by atoms with Crippen LogP contribution in [0.15, 0.2) is 53.6 Å². The molecule has 1 aliphatic heterocycles. The topological polar surface area (TPSA) is 78.8 Å². The quantitative estimate of drug-likeness (QED) is 0.856. The molecule has 0 radical (unpaired) electrons. The van der Waals surface area contributed by atoms with Crippen molar-refractivity contribution in [1.82, 2.24) is 5.01 Å². The number of benzene rings is 2. The van der Waals surface area contributed by atoms with Crippen LogP contribution in [-0.2, 0) is 14.8 Å². The fraction of sp³-hybridized carbons (Fsp3) is 0.300. The van der Waals surface area contributed by atoms with E-state index in [9.17, 15) is 13.2 Å². The third-order valence-electron chi connectivity index (χ3n) is 4.39. The monoisotopic (exact) mass is 385 g/mol. The average molecular weight is 385 g/mol. The number of anilines is 1. The maximum atomic E-state index is 12.4. The van der Waals surface area contributed by atoms with Crippen molar-refractivity contribution in [2.75, 3.05) is 11.0 Å². The van der Waals surface area contributed by atoms with Crippen LogP contribution in [0.5, 0.6) is 0 Å². The number of hydrazone groups is 1. The van der Waals surface area contributed by atoms with E-state index in [1.54, 1.807) is 23.2 Å². The van der Waals surface area contributed by atoms with Crippen LogP contribution in [0.2, 0.25) is 0 Å². The molecule has 6 nitrogen and oxygen atoms in total. The van der Waals surface area contributed by atoms with Crippen molar-refractivity contribution < 1.29 is 13.2 Å². The molecule has 142 valence electrons. The van der Waals surface area contributed by atoms with Crippen molar-refractivity contribution in [3.8, 4) is 0 Å². The lowest BCUT2D eigenvalue weighted by atomic mass is 9.97. The van der Waals surface area contributed by atoms with Crippen LogP contribution in [0.4, 0.5) is 5.69 Å². The van der Waals surface area contributed by atoms with Gasteiger partial charge in [-0.15, -0.1) is 0 Å². The Hall–Kier alpha value is -2.67. The number of amides is 1. The number of aryl methyl sites for hydroxylation is 1. The van der Waals surface area contributed by atoms with Crippen LogP contribution in [-0.4, -0.2) is 31.3 Å². The Morgan fingerprint density at radius 3 is 2.63 bits per heavy atom. The second-order valence-corrected chi connectivity index (χ2v) is 8.48. The van der Waals surface area contributed by atoms with Crippen molar-refractivity contribution in [3.63, 3.8) is 0 Å². The summed E-state index contributed by atoms with van der Waals surface area (Å²) in [6.07, 6.45) is 2.06. The van der Waals surface area contributed by atoms with E-state index >= 15 is 0 Å². The van der Waals surface area contributed by atoms with E-state index < -0.39 is 10.0 Å². The Balaban J connectivity index is 1.95. The Bertz CT molecular complexity index is 999. The molecule has 1 atom stereocenters. The summed E-state index contributed by atoms with van der Waals surface area (Å²) in [5, 5.41) is 6.13. The normalized spacial score (nSPS) is 16.9. The molecular weight excluding hydrogens is 362 g/mol. The van der Waals surface area contributed by atoms with Crippen molar-refractivity contribution in [2.24, 2.45) is 5.10 Å². The van der Waals surface area contributed by atoms with Gasteiger partial charge in [0.1, 0.15) is 0 Å². The van der Waals surface area contributed by atoms with E-state index in [1.807, 2.05) is 38.1 Å². The first kappa shape index (κ1) is 19.1. The first-order valence-corrected chi connectivity index (χ1v) is 10.7. The number of nitrogens with zero attached hydrogens (tertiary/aromatic N) is 2. The summed E-state index contributed by atoms with van der Waals surface area (Å²) >= 11 is 0. The third kappa shape index (κ3) is 4.54. The molecule has 1 amide bonds. The van der Waals surface area contributed by atoms with Gasteiger partial charge >= 0.3 is 0 Å². The zero-order valence-electron chi connectivity index (χ0n) is 15.6. The SMILES string of the molecule is CCC(=O)N1N=C(c2cccc(NS(C)(=O)=O)c2)C[C@@H]1c1cccc(C)c1. The van der Waals surface area contributed by atoms with Crippen LogP contribution < -0.4 is 4.72 Å². The minimum absolute atomic E-state index is 0.0399. The highest BCUT2D eigenvalue weighted by molar-refractivity contribution is 7.92. The Kier molecular flexibility index (Phi) is 5.32. The van der Waals surface area contributed by atoms with Gasteiger partial charge in [-0.2, -0.15) is 5.10 Å². The first-order chi connectivity index (χ1) is 12.8. The zero-order chi connectivity index (χ0) is 19.6. The molecule has 0 aromatic heterocycles. The fourth-order valence-corrected chi connectivity index (χ4v) is 3.75. The van der Waals surface area contributed by atoms with Gasteiger partial charge in [0.2, 0.25) is 15.9 Å². The minimum atomic E-state index is -3.36. The molecule has 7 heteroatoms. The van der Waals surface area contributed by atoms with Crippen molar-refractivity contribution >= 4 is 27.3 Å². The second-order valence-electron chi connectivity index (χ2n) is 6.73. The van der Waals surface area contributed by atoms with Gasteiger partial charge in [0.25, 0.3) is 0 Å². The number of carbonyl (C=O) groups excluding carboxylic acids is 1. The number of hydrogen-bond donors (Lipinski definition) is 1. The summed E-state index contributed by atoms with van der Waals surface area (Å²) in [5.41, 5.74) is 4.21. The molecule has 1 N–H and O–H groups in total. The van der Waals surface area contributed by atoms with Gasteiger partial charge in [-0.25, -0.2) is 13.4 Å². The Morgan fingerprint density at radius 2 is 1.96 bits per heavy atom. The summed E-state index contributed by atoms with van der Waals surface area (Å²) in [7, 11) is -3.36. The molecule has 2 aromatic carbocycles. The number of rotatable bonds is 5. The summed E-state index contributed by atoms with van der Waals surface area (Å²) in [4.78, 5) is 12.4. The van der Waals surface area contributed by atoms with Crippen LogP contribution in [0.1, 0.15) is 42.5 Å². The van der Waals surface area contributed by atoms with Crippen LogP contribution in [0.3, 0.4) is 0 Å². The molecule has 27 heavy (non-hydrogen) atoms. The lowest BCUT2D eigenvalue weighted by Gasteiger charge is -2.21. The zero-order valence-corrected chi connectivity index (χ0v) is 16.5. The fourth-order valence-electron chi connectivity index (χ4n) is 3.19. The Morgan fingerprint density at radius 1 is 1.22 bits per heavy atom. The van der Waals surface area contributed by atoms with Gasteiger partial charge in [0.05, 0.1) is 18.0 Å². The van der Waals surface area contributed by atoms with Gasteiger partial charge in [-0.3, -0.25) is 9.52 Å². The van der Waals surface area contributed by atoms with E-state index in [-0.39, 0.29) is 11.9 Å². The van der Waals surface area contributed by atoms with E-state index in [0.29, 0.717) is 18.5 Å². The van der Waals surface area contributed by atoms with Gasteiger partial charge in [0.15, 0.2) is 0 Å². The van der Waals surface area contributed by atoms with Gasteiger partial charge in [0, 0.05) is 18.5 Å². The van der Waals surface area contributed by atoms with Crippen LogP contribution in [0, 0.1) is 6.92 Å². The molecule has 1 heterocycles. The van der Waals surface area contributed by atoms with E-state index in [1.165, 1.54) is 0 Å². The molecule has 0 unspecified atom stereocenters. The van der Waals surface area contributed by atoms with Crippen molar-refractivity contribution in [2.45, 2.75) is 32.7 Å². The summed E-state index contributed by atoms with van der Waals surface area (Å²) in [6.45, 7) is 3.84. The molecule has 1 aliphatic rings. The van der Waals surface area contributed by atoms with Crippen LogP contribution in [0.25, 0.3) is 0 Å². The molecule has 0 saturated heterocycles. The number of nitrogens with one attached hydrogen (secondary N) is 1. The average Bonchev–Trinajstić information content (AvgIpc) is 3.05. The minimum Gasteiger partial charge on any atom is -0.284 e. The maximum Gasteiger partial charge on any atom is 0.242 e. The highest BCUT2D eigenvalue weighted by atomic mass is 32.2. The Labute approximate surface area is 159 Å². The van der Waals surface area contributed by atoms with E-state index in [0.717, 1.165) is 28.7 Å². The smallest absolute Gasteiger partial charge is 0.242 e. The lowest BCUT2D eigenvalue weighted by molar-refractivity contribution is -0.132. The predicted molar refractivity (Wildman–Crippen MR) is 107 cm³/mol. The number of carbonyl (C=O) groups is 1. The highest BCUT2D eigenvalue weighted by Gasteiger charge is 2.32. The third-order valence-corrected chi connectivity index (χ3v) is 5.00. The molecule has 0 fully saturated rings. The van der Waals surface area contributed by atoms with E-state index in [2.05, 4.69) is 15.9 Å². The molecule has 0 aliphatic carbocycles. The summed E-state index contributed by atoms with van der Waals surface area (Å²) in [5.74, 6) is -0.0399. The molecule has 3 rings (SSSR count). The van der Waals surface area contributed by atoms with E-state index in [4.69, 9.17) is 0 Å². The van der Waals surface area contributed by atoms with Gasteiger partial charge in [-0.1, -0.05) is 48.9 Å². The largest absolute Gasteiger partial charge is 0.284 e. The predicted octanol–water partition coefficient (Wildman–Crippen LogP) is 3.45. The lowest BCUT2D eigenvalue weighted by Crippen LogP contribution is -2.26. The first-order valence-electron chi connectivity index (χ1n) is 8.81. The van der Waals surface area contributed by atoms with Crippen molar-refractivity contribution in [3.05, 3.63) is 65.2 Å². The summed E-state index contributed by atoms with van der Waals surface area (Å²) < 4.78 is 25.5. The van der Waals surface area contributed by atoms with Crippen molar-refractivity contribution in [1.29, 1.82) is 0 Å². The maximum absolute atomic E-state index is 12.4. The second kappa shape index (κ2) is 7.52. The standard InChI is InChI=1S/C20H23N3O3S/c1-4-20(24)23-19(16-9-5-7-14(2)11-16)13-18(21-23)15-8-6-10-17(12-15)22-27(3,25)26/h5-12,19,22H,4,13H2,1-3H3/t19-/m1/s1. The highest BCUT2D eigenvalue weighted by Crippen LogP contribution is 2.34. The molecule has 0 bridgehead atoms. The van der Waals surface area contributed by atoms with Gasteiger partial charge in [-0.05, 0) is 30.2 Å². The molecule has 0 spiro atoms. The van der Waals surface area contributed by atoms with Crippen LogP contribution >= 0.6 is 0 Å². The molecule has 0 saturated carbocycles. The summed E-state index contributed by atoms with van der Waals surface area (Å²) in [6, 6.07) is 15.0. The van der Waals surface area contributed by atoms with Gasteiger partial charge < -0.3 is 0 Å². The number of sulfonamides is 1. The molecule has 2 aromatic rings. The number of hydrogen-bond acceptors (Lipinski definition) is 4.